The topological polar surface area (TPSA) is 60.9 Å². The van der Waals surface area contributed by atoms with E-state index in [9.17, 15) is 9.59 Å². The van der Waals surface area contributed by atoms with E-state index in [0.29, 0.717) is 6.54 Å². The van der Waals surface area contributed by atoms with Gasteiger partial charge in [-0.25, -0.2) is 0 Å². The Morgan fingerprint density at radius 3 is 2.41 bits per heavy atom. The molecule has 0 bridgehead atoms. The van der Waals surface area contributed by atoms with Gasteiger partial charge in [0.1, 0.15) is 6.04 Å². The van der Waals surface area contributed by atoms with E-state index in [-0.39, 0.29) is 12.3 Å². The van der Waals surface area contributed by atoms with Crippen LogP contribution in [0.4, 0.5) is 0 Å². The Hall–Kier alpha value is -1.88. The number of carbonyl (C=O) groups excluding carboxylic acids is 1. The van der Waals surface area contributed by atoms with Crippen LogP contribution in [-0.4, -0.2) is 53.5 Å². The minimum absolute atomic E-state index is 0.0348. The zero-order valence-electron chi connectivity index (χ0n) is 13.1. The Morgan fingerprint density at radius 1 is 1.18 bits per heavy atom. The predicted octanol–water partition coefficient (Wildman–Crippen LogP) is 2.15. The fraction of sp³-hybridized carbons (Fsp3) is 0.529. The van der Waals surface area contributed by atoms with Gasteiger partial charge in [-0.3, -0.25) is 14.5 Å². The van der Waals surface area contributed by atoms with Gasteiger partial charge in [-0.05, 0) is 31.9 Å². The molecular formula is C17H24N2O3. The lowest BCUT2D eigenvalue weighted by atomic mass is 10.0. The highest BCUT2D eigenvalue weighted by molar-refractivity contribution is 5.83. The SMILES string of the molecule is CN(CCC(=O)O)C(C(=O)N1CCCCC1)c1ccccc1. The van der Waals surface area contributed by atoms with E-state index >= 15 is 0 Å². The highest BCUT2D eigenvalue weighted by Crippen LogP contribution is 2.24. The second-order valence-electron chi connectivity index (χ2n) is 5.82. The van der Waals surface area contributed by atoms with Crippen LogP contribution in [-0.2, 0) is 9.59 Å². The van der Waals surface area contributed by atoms with Gasteiger partial charge in [-0.1, -0.05) is 30.3 Å². The molecule has 1 heterocycles. The van der Waals surface area contributed by atoms with Gasteiger partial charge in [-0.2, -0.15) is 0 Å². The molecule has 1 atom stereocenters. The number of benzene rings is 1. The van der Waals surface area contributed by atoms with E-state index < -0.39 is 12.0 Å². The van der Waals surface area contributed by atoms with Gasteiger partial charge < -0.3 is 10.0 Å². The summed E-state index contributed by atoms with van der Waals surface area (Å²) < 4.78 is 0. The number of carboxylic acids is 1. The fourth-order valence-electron chi connectivity index (χ4n) is 2.91. The molecule has 1 fully saturated rings. The Kier molecular flexibility index (Phi) is 5.95. The number of hydrogen-bond donors (Lipinski definition) is 1. The summed E-state index contributed by atoms with van der Waals surface area (Å²) >= 11 is 0. The first-order chi connectivity index (χ1) is 10.6. The van der Waals surface area contributed by atoms with Crippen LogP contribution < -0.4 is 0 Å². The summed E-state index contributed by atoms with van der Waals surface area (Å²) in [6.07, 6.45) is 3.31. The van der Waals surface area contributed by atoms with E-state index in [0.717, 1.165) is 31.5 Å². The van der Waals surface area contributed by atoms with Crippen LogP contribution in [0.1, 0.15) is 37.3 Å². The van der Waals surface area contributed by atoms with Gasteiger partial charge in [0, 0.05) is 19.6 Å². The molecule has 120 valence electrons. The highest BCUT2D eigenvalue weighted by Gasteiger charge is 2.30. The number of hydrogen-bond acceptors (Lipinski definition) is 3. The van der Waals surface area contributed by atoms with Crippen molar-refractivity contribution in [1.29, 1.82) is 0 Å². The van der Waals surface area contributed by atoms with Crippen LogP contribution in [0.3, 0.4) is 0 Å². The number of nitrogens with zero attached hydrogens (tertiary/aromatic N) is 2. The van der Waals surface area contributed by atoms with Crippen molar-refractivity contribution in [2.24, 2.45) is 0 Å². The molecule has 0 spiro atoms. The lowest BCUT2D eigenvalue weighted by molar-refractivity contribution is -0.141. The molecule has 22 heavy (non-hydrogen) atoms. The third-order valence-corrected chi connectivity index (χ3v) is 4.14. The molecule has 0 aromatic heterocycles. The lowest BCUT2D eigenvalue weighted by Gasteiger charge is -2.34. The average Bonchev–Trinajstić information content (AvgIpc) is 2.55. The van der Waals surface area contributed by atoms with Crippen molar-refractivity contribution in [2.45, 2.75) is 31.7 Å². The van der Waals surface area contributed by atoms with Crippen molar-refractivity contribution < 1.29 is 14.7 Å². The van der Waals surface area contributed by atoms with Gasteiger partial charge in [0.15, 0.2) is 0 Å². The number of piperidine rings is 1. The normalized spacial score (nSPS) is 16.5. The molecule has 1 aliphatic rings. The standard InChI is InChI=1S/C17H24N2O3/c1-18(13-10-15(20)21)16(14-8-4-2-5-9-14)17(22)19-11-6-3-7-12-19/h2,4-5,8-9,16H,3,6-7,10-13H2,1H3,(H,20,21). The van der Waals surface area contributed by atoms with Crippen molar-refractivity contribution in [3.63, 3.8) is 0 Å². The molecule has 2 rings (SSSR count). The second kappa shape index (κ2) is 7.94. The summed E-state index contributed by atoms with van der Waals surface area (Å²) in [4.78, 5) is 27.5. The number of likely N-dealkylation sites (tertiary alicyclic amines) is 1. The summed E-state index contributed by atoms with van der Waals surface area (Å²) in [6.45, 7) is 1.96. The number of amides is 1. The van der Waals surface area contributed by atoms with Gasteiger partial charge in [0.05, 0.1) is 6.42 Å². The van der Waals surface area contributed by atoms with E-state index in [1.807, 2.05) is 47.2 Å². The molecule has 1 N–H and O–H groups in total. The molecule has 5 nitrogen and oxygen atoms in total. The van der Waals surface area contributed by atoms with E-state index in [1.165, 1.54) is 6.42 Å². The van der Waals surface area contributed by atoms with E-state index in [4.69, 9.17) is 5.11 Å². The van der Waals surface area contributed by atoms with E-state index in [1.54, 1.807) is 0 Å². The summed E-state index contributed by atoms with van der Waals surface area (Å²) in [5.74, 6) is -0.761. The van der Waals surface area contributed by atoms with Gasteiger partial charge in [-0.15, -0.1) is 0 Å². The first-order valence-corrected chi connectivity index (χ1v) is 7.85. The van der Waals surface area contributed by atoms with Crippen LogP contribution in [0.5, 0.6) is 0 Å². The fourth-order valence-corrected chi connectivity index (χ4v) is 2.91. The molecular weight excluding hydrogens is 280 g/mol. The maximum absolute atomic E-state index is 12.9. The Balaban J connectivity index is 2.17. The van der Waals surface area contributed by atoms with Crippen molar-refractivity contribution in [3.05, 3.63) is 35.9 Å². The molecule has 1 unspecified atom stereocenters. The Labute approximate surface area is 131 Å². The Bertz CT molecular complexity index is 498. The van der Waals surface area contributed by atoms with Crippen LogP contribution >= 0.6 is 0 Å². The zero-order valence-corrected chi connectivity index (χ0v) is 13.1. The third-order valence-electron chi connectivity index (χ3n) is 4.14. The summed E-state index contributed by atoms with van der Waals surface area (Å²) in [5, 5.41) is 8.88. The van der Waals surface area contributed by atoms with Gasteiger partial charge in [0.2, 0.25) is 5.91 Å². The molecule has 1 aromatic carbocycles. The first-order valence-electron chi connectivity index (χ1n) is 7.85. The van der Waals surface area contributed by atoms with Crippen molar-refractivity contribution in [1.82, 2.24) is 9.80 Å². The minimum atomic E-state index is -0.843. The summed E-state index contributed by atoms with van der Waals surface area (Å²) in [7, 11) is 1.82. The smallest absolute Gasteiger partial charge is 0.304 e. The predicted molar refractivity (Wildman–Crippen MR) is 84.5 cm³/mol. The maximum Gasteiger partial charge on any atom is 0.304 e. The number of aliphatic carboxylic acids is 1. The molecule has 0 saturated carbocycles. The number of rotatable bonds is 6. The second-order valence-corrected chi connectivity index (χ2v) is 5.82. The van der Waals surface area contributed by atoms with Gasteiger partial charge in [0.25, 0.3) is 0 Å². The summed E-state index contributed by atoms with van der Waals surface area (Å²) in [5.41, 5.74) is 0.922. The molecule has 1 aromatic rings. The average molecular weight is 304 g/mol. The lowest BCUT2D eigenvalue weighted by Crippen LogP contribution is -2.44. The maximum atomic E-state index is 12.9. The molecule has 5 heteroatoms. The minimum Gasteiger partial charge on any atom is -0.481 e. The molecule has 1 amide bonds. The largest absolute Gasteiger partial charge is 0.481 e. The molecule has 1 saturated heterocycles. The van der Waals surface area contributed by atoms with Crippen LogP contribution in [0, 0.1) is 0 Å². The number of likely N-dealkylation sites (N-methyl/N-ethyl adjacent to an activating group) is 1. The van der Waals surface area contributed by atoms with Crippen LogP contribution in [0.25, 0.3) is 0 Å². The molecule has 0 radical (unpaired) electrons. The summed E-state index contributed by atoms with van der Waals surface area (Å²) in [6, 6.07) is 9.21. The zero-order chi connectivity index (χ0) is 15.9. The third kappa shape index (κ3) is 4.31. The number of carbonyl (C=O) groups is 2. The molecule has 0 aliphatic carbocycles. The van der Waals surface area contributed by atoms with Crippen molar-refractivity contribution in [3.8, 4) is 0 Å². The van der Waals surface area contributed by atoms with Crippen LogP contribution in [0.2, 0.25) is 0 Å². The highest BCUT2D eigenvalue weighted by atomic mass is 16.4. The first kappa shape index (κ1) is 16.5. The monoisotopic (exact) mass is 304 g/mol. The van der Waals surface area contributed by atoms with Crippen molar-refractivity contribution in [2.75, 3.05) is 26.7 Å². The molecule has 1 aliphatic heterocycles. The number of carboxylic acid groups (broad SMARTS) is 1. The van der Waals surface area contributed by atoms with Gasteiger partial charge >= 0.3 is 5.97 Å². The Morgan fingerprint density at radius 2 is 1.82 bits per heavy atom. The van der Waals surface area contributed by atoms with Crippen LogP contribution in [0.15, 0.2) is 30.3 Å². The van der Waals surface area contributed by atoms with E-state index in [2.05, 4.69) is 0 Å². The quantitative estimate of drug-likeness (QED) is 0.875. The van der Waals surface area contributed by atoms with Crippen molar-refractivity contribution >= 4 is 11.9 Å².